The fraction of sp³-hybridized carbons (Fsp3) is 0. The third-order valence-electron chi connectivity index (χ3n) is 0. The minimum atomic E-state index is 0. The van der Waals surface area contributed by atoms with E-state index in [4.69, 9.17) is 0 Å². The number of hydrogen-bond acceptors (Lipinski definition) is 0. The van der Waals surface area contributed by atoms with Crippen molar-refractivity contribution in [2.24, 2.45) is 0 Å². The van der Waals surface area contributed by atoms with Crippen LogP contribution in [0.4, 0.5) is 0 Å². The zero-order chi connectivity index (χ0) is 0. The van der Waals surface area contributed by atoms with E-state index in [9.17, 15) is 0 Å². The van der Waals surface area contributed by atoms with E-state index in [1.165, 1.54) is 0 Å². The molecule has 0 saturated carbocycles. The Morgan fingerprint density at radius 1 is 0.333 bits per heavy atom. The number of hydrogen-bond donors (Lipinski definition) is 0. The molecule has 9 heavy (non-hydrogen) atoms. The van der Waals surface area contributed by atoms with Gasteiger partial charge in [0, 0.05) is 0 Å². The van der Waals surface area contributed by atoms with E-state index >= 15 is 0 Å². The Hall–Kier alpha value is 3.85. The summed E-state index contributed by atoms with van der Waals surface area (Å²) >= 11 is 0. The van der Waals surface area contributed by atoms with Crippen molar-refractivity contribution in [1.29, 1.82) is 0 Å². The Kier molecular flexibility index (Phi) is 1270. The quantitative estimate of drug-likeness (QED) is 0.509. The van der Waals surface area contributed by atoms with Gasteiger partial charge < -0.3 is 67.5 Å². The van der Waals surface area contributed by atoms with Crippen LogP contribution in [-0.4, -0.2) is 0 Å². The van der Waals surface area contributed by atoms with Crippen LogP contribution in [0.25, 0.3) is 0 Å². The van der Waals surface area contributed by atoms with Gasteiger partial charge in [-0.3, -0.25) is 0 Å². The molecular weight excluding hydrogens is 391 g/mol. The molecule has 0 saturated heterocycles. The fourth-order valence-electron chi connectivity index (χ4n) is 0. The Morgan fingerprint density at radius 2 is 0.333 bits per heavy atom. The molecule has 0 amide bonds. The fourth-order valence-corrected chi connectivity index (χ4v) is 0. The van der Waals surface area contributed by atoms with Crippen molar-refractivity contribution < 1.29 is 68.9 Å². The maximum atomic E-state index is 0. The average molecular weight is 391 g/mol. The summed E-state index contributed by atoms with van der Waals surface area (Å²) in [5.74, 6) is 0. The van der Waals surface area contributed by atoms with Crippen molar-refractivity contribution in [3.8, 4) is 0 Å². The second-order valence-corrected chi connectivity index (χ2v) is 0. The van der Waals surface area contributed by atoms with Crippen LogP contribution in [0.15, 0.2) is 0 Å². The van der Waals surface area contributed by atoms with Gasteiger partial charge in [0.15, 0.2) is 0 Å². The second-order valence-electron chi connectivity index (χ2n) is 0. The first-order valence-corrected chi connectivity index (χ1v) is 0. The molecule has 0 spiro atoms. The van der Waals surface area contributed by atoms with E-state index in [1.54, 1.807) is 0 Å². The van der Waals surface area contributed by atoms with Gasteiger partial charge in [0.05, 0.1) is 0 Å². The summed E-state index contributed by atoms with van der Waals surface area (Å²) in [6.07, 6.45) is 0. The molecule has 0 fully saturated rings. The van der Waals surface area contributed by atoms with Crippen molar-refractivity contribution in [3.63, 3.8) is 0 Å². The Labute approximate surface area is 134 Å². The van der Waals surface area contributed by atoms with E-state index < -0.39 is 0 Å². The van der Waals surface area contributed by atoms with Crippen molar-refractivity contribution in [2.75, 3.05) is 0 Å². The summed E-state index contributed by atoms with van der Waals surface area (Å²) in [6, 6.07) is 0. The monoisotopic (exact) mass is 390 g/mol. The van der Waals surface area contributed by atoms with Crippen LogP contribution in [0.3, 0.4) is 0 Å². The molecule has 9 heteroatoms. The van der Waals surface area contributed by atoms with Gasteiger partial charge in [-0.05, 0) is 0 Å². The molecule has 0 heterocycles. The first-order valence-electron chi connectivity index (χ1n) is 0. The first kappa shape index (κ1) is 122. The molecule has 0 atom stereocenters. The molecule has 0 unspecified atom stereocenters. The first-order chi connectivity index (χ1) is 0. The van der Waals surface area contributed by atoms with Crippen LogP contribution in [0.2, 0.25) is 0 Å². The zero-order valence-electron chi connectivity index (χ0n) is 3.46. The Morgan fingerprint density at radius 3 is 0.333 bits per heavy atom. The summed E-state index contributed by atoms with van der Waals surface area (Å²) in [6.45, 7) is 0. The van der Waals surface area contributed by atoms with Crippen LogP contribution in [0.1, 0.15) is 0 Å². The van der Waals surface area contributed by atoms with E-state index in [0.29, 0.717) is 0 Å². The van der Waals surface area contributed by atoms with E-state index in [1.807, 2.05) is 0 Å². The van der Waals surface area contributed by atoms with Crippen molar-refractivity contribution in [3.05, 3.63) is 0 Å². The van der Waals surface area contributed by atoms with Crippen molar-refractivity contribution >= 4 is 67.5 Å². The molecule has 0 aliphatic rings. The van der Waals surface area contributed by atoms with Crippen molar-refractivity contribution in [1.82, 2.24) is 0 Å². The molecule has 0 aliphatic carbocycles. The third-order valence-corrected chi connectivity index (χ3v) is 0. The SMILES string of the molecule is [Cr+3].[Cr+3].[Cu+2].[Cu+2].[S-2].[S-2].[S-2].[S-2].[S-2]. The molecule has 4 radical (unpaired) electrons. The Balaban J connectivity index is 0. The molecule has 0 aromatic carbocycles. The molecule has 0 rings (SSSR count). The predicted molar refractivity (Wildman–Crippen MR) is 36.8 cm³/mol. The molecule has 0 nitrogen and oxygen atoms in total. The Bertz CT molecular complexity index is 12.9. The molecular formula is Cr2Cu2S5. The molecule has 64 valence electrons. The van der Waals surface area contributed by atoms with Crippen LogP contribution < -0.4 is 0 Å². The minimum Gasteiger partial charge on any atom is -2.00 e. The third kappa shape index (κ3) is 77.5. The zero-order valence-corrected chi connectivity index (χ0v) is 12.0. The van der Waals surface area contributed by atoms with Crippen LogP contribution >= 0.6 is 0 Å². The molecule has 0 aromatic heterocycles. The smallest absolute Gasteiger partial charge is 2.00 e. The topological polar surface area (TPSA) is 0 Å². The summed E-state index contributed by atoms with van der Waals surface area (Å²) in [5.41, 5.74) is 0. The average Bonchev–Trinajstić information content (AvgIpc) is 0. The maximum absolute atomic E-state index is 0. The maximum Gasteiger partial charge on any atom is 3.00 e. The van der Waals surface area contributed by atoms with Crippen molar-refractivity contribution in [2.45, 2.75) is 0 Å². The second kappa shape index (κ2) is 94.0. The molecule has 0 bridgehead atoms. The van der Waals surface area contributed by atoms with Gasteiger partial charge in [-0.1, -0.05) is 0 Å². The normalized spacial score (nSPS) is 0. The van der Waals surface area contributed by atoms with Gasteiger partial charge in [-0.15, -0.1) is 0 Å². The van der Waals surface area contributed by atoms with Gasteiger partial charge in [0.1, 0.15) is 0 Å². The van der Waals surface area contributed by atoms with E-state index in [0.717, 1.165) is 0 Å². The van der Waals surface area contributed by atoms with Gasteiger partial charge in [0.2, 0.25) is 0 Å². The van der Waals surface area contributed by atoms with Crippen LogP contribution in [0.5, 0.6) is 0 Å². The summed E-state index contributed by atoms with van der Waals surface area (Å²) in [5, 5.41) is 0. The minimum absolute atomic E-state index is 0. The number of rotatable bonds is 0. The summed E-state index contributed by atoms with van der Waals surface area (Å²) < 4.78 is 0. The van der Waals surface area contributed by atoms with Crippen LogP contribution in [0, 0.1) is 0 Å². The molecule has 0 aromatic rings. The van der Waals surface area contributed by atoms with Gasteiger partial charge in [0.25, 0.3) is 0 Å². The summed E-state index contributed by atoms with van der Waals surface area (Å²) in [7, 11) is 0. The predicted octanol–water partition coefficient (Wildman–Crippen LogP) is -0.0220. The van der Waals surface area contributed by atoms with Gasteiger partial charge >= 0.3 is 68.9 Å². The van der Waals surface area contributed by atoms with Gasteiger partial charge in [-0.25, -0.2) is 0 Å². The standard InChI is InChI=1S/2Cr.2Cu.5S/q2*+3;2*+2;5*-2. The largest absolute Gasteiger partial charge is 3.00 e. The van der Waals surface area contributed by atoms with Crippen LogP contribution in [-0.2, 0) is 136 Å². The molecule has 0 aliphatic heterocycles. The van der Waals surface area contributed by atoms with E-state index in [2.05, 4.69) is 0 Å². The molecule has 0 N–H and O–H groups in total. The van der Waals surface area contributed by atoms with Gasteiger partial charge in [-0.2, -0.15) is 0 Å². The van der Waals surface area contributed by atoms with E-state index in [-0.39, 0.29) is 136 Å². The summed E-state index contributed by atoms with van der Waals surface area (Å²) in [4.78, 5) is 0.